The van der Waals surface area contributed by atoms with E-state index in [1.807, 2.05) is 13.8 Å². The zero-order valence-corrected chi connectivity index (χ0v) is 11.2. The topological polar surface area (TPSA) is 69.6 Å². The van der Waals surface area contributed by atoms with Crippen LogP contribution in [0.1, 0.15) is 35.7 Å². The lowest BCUT2D eigenvalue weighted by Gasteiger charge is -2.21. The maximum Gasteiger partial charge on any atom is 0.335 e. The smallest absolute Gasteiger partial charge is 0.335 e. The van der Waals surface area contributed by atoms with Gasteiger partial charge in [-0.25, -0.2) is 4.79 Å². The highest BCUT2D eigenvalue weighted by Gasteiger charge is 2.25. The molecule has 1 heterocycles. The van der Waals surface area contributed by atoms with Crippen LogP contribution >= 0.6 is 0 Å². The Morgan fingerprint density at radius 1 is 1.47 bits per heavy atom. The van der Waals surface area contributed by atoms with Gasteiger partial charge in [0.05, 0.1) is 5.56 Å². The third-order valence-corrected chi connectivity index (χ3v) is 3.36. The fourth-order valence-electron chi connectivity index (χ4n) is 2.38. The van der Waals surface area contributed by atoms with Crippen molar-refractivity contribution >= 4 is 23.3 Å². The third-order valence-electron chi connectivity index (χ3n) is 3.36. The molecule has 0 bridgehead atoms. The first-order valence-corrected chi connectivity index (χ1v) is 6.46. The van der Waals surface area contributed by atoms with E-state index in [1.165, 1.54) is 0 Å². The highest BCUT2D eigenvalue weighted by Crippen LogP contribution is 2.31. The first kappa shape index (κ1) is 13.4. The Bertz CT molecular complexity index is 526. The summed E-state index contributed by atoms with van der Waals surface area (Å²) in [5.41, 5.74) is 2.61. The first-order chi connectivity index (χ1) is 9.04. The second-order valence-electron chi connectivity index (χ2n) is 4.65. The summed E-state index contributed by atoms with van der Waals surface area (Å²) in [6.45, 7) is 5.23. The molecule has 0 unspecified atom stereocenters. The molecule has 1 aliphatic rings. The summed E-state index contributed by atoms with van der Waals surface area (Å²) >= 11 is 0. The average Bonchev–Trinajstić information content (AvgIpc) is 2.78. The Hall–Kier alpha value is -2.04. The van der Waals surface area contributed by atoms with Crippen molar-refractivity contribution in [2.45, 2.75) is 26.7 Å². The lowest BCUT2D eigenvalue weighted by Crippen LogP contribution is -2.25. The lowest BCUT2D eigenvalue weighted by atomic mass is 10.1. The van der Waals surface area contributed by atoms with Gasteiger partial charge in [-0.15, -0.1) is 0 Å². The van der Waals surface area contributed by atoms with Crippen molar-refractivity contribution in [2.24, 2.45) is 0 Å². The number of hydrogen-bond acceptors (Lipinski definition) is 3. The fraction of sp³-hybridized carbons (Fsp3) is 0.429. The molecule has 0 saturated carbocycles. The number of anilines is 2. The Morgan fingerprint density at radius 2 is 2.21 bits per heavy atom. The second kappa shape index (κ2) is 5.30. The van der Waals surface area contributed by atoms with Crippen molar-refractivity contribution in [1.29, 1.82) is 0 Å². The predicted octanol–water partition coefficient (Wildman–Crippen LogP) is 2.25. The summed E-state index contributed by atoms with van der Waals surface area (Å²) in [5.74, 6) is -0.917. The molecule has 5 heteroatoms. The van der Waals surface area contributed by atoms with Gasteiger partial charge < -0.3 is 15.3 Å². The lowest BCUT2D eigenvalue weighted by molar-refractivity contribution is -0.117. The Balaban J connectivity index is 2.51. The minimum absolute atomic E-state index is 0.0630. The summed E-state index contributed by atoms with van der Waals surface area (Å²) in [6, 6.07) is 3.20. The SMILES string of the molecule is CCNc1cc(C(=O)O)cc(N2CCCC2=O)c1C. The van der Waals surface area contributed by atoms with Gasteiger partial charge in [0.25, 0.3) is 0 Å². The predicted molar refractivity (Wildman–Crippen MR) is 73.9 cm³/mol. The zero-order chi connectivity index (χ0) is 14.0. The van der Waals surface area contributed by atoms with Gasteiger partial charge in [0.2, 0.25) is 5.91 Å². The van der Waals surface area contributed by atoms with E-state index in [-0.39, 0.29) is 11.5 Å². The third kappa shape index (κ3) is 2.54. The number of nitrogens with one attached hydrogen (secondary N) is 1. The van der Waals surface area contributed by atoms with E-state index in [2.05, 4.69) is 5.32 Å². The van der Waals surface area contributed by atoms with Crippen molar-refractivity contribution in [3.63, 3.8) is 0 Å². The minimum Gasteiger partial charge on any atom is -0.478 e. The van der Waals surface area contributed by atoms with E-state index in [0.29, 0.717) is 25.2 Å². The summed E-state index contributed by atoms with van der Waals surface area (Å²) in [5, 5.41) is 12.3. The summed E-state index contributed by atoms with van der Waals surface area (Å²) < 4.78 is 0. The number of hydrogen-bond donors (Lipinski definition) is 2. The Morgan fingerprint density at radius 3 is 2.74 bits per heavy atom. The number of nitrogens with zero attached hydrogens (tertiary/aromatic N) is 1. The molecule has 5 nitrogen and oxygen atoms in total. The van der Waals surface area contributed by atoms with Crippen LogP contribution in [0.15, 0.2) is 12.1 Å². The van der Waals surface area contributed by atoms with E-state index in [9.17, 15) is 14.7 Å². The van der Waals surface area contributed by atoms with Crippen LogP contribution in [0, 0.1) is 6.92 Å². The van der Waals surface area contributed by atoms with Crippen molar-refractivity contribution in [3.05, 3.63) is 23.3 Å². The maximum absolute atomic E-state index is 11.8. The van der Waals surface area contributed by atoms with Crippen molar-refractivity contribution < 1.29 is 14.7 Å². The van der Waals surface area contributed by atoms with Crippen molar-refractivity contribution in [1.82, 2.24) is 0 Å². The molecule has 0 spiro atoms. The van der Waals surface area contributed by atoms with Gasteiger partial charge in [0.1, 0.15) is 0 Å². The van der Waals surface area contributed by atoms with Crippen LogP contribution in [0.3, 0.4) is 0 Å². The van der Waals surface area contributed by atoms with Crippen LogP contribution in [-0.2, 0) is 4.79 Å². The van der Waals surface area contributed by atoms with Crippen molar-refractivity contribution in [3.8, 4) is 0 Å². The van der Waals surface area contributed by atoms with Gasteiger partial charge in [-0.3, -0.25) is 4.79 Å². The normalized spacial score (nSPS) is 14.8. The number of benzene rings is 1. The van der Waals surface area contributed by atoms with E-state index < -0.39 is 5.97 Å². The van der Waals surface area contributed by atoms with E-state index in [0.717, 1.165) is 17.7 Å². The fourth-order valence-corrected chi connectivity index (χ4v) is 2.38. The second-order valence-corrected chi connectivity index (χ2v) is 4.65. The van der Waals surface area contributed by atoms with Crippen molar-refractivity contribution in [2.75, 3.05) is 23.3 Å². The molecule has 1 fully saturated rings. The van der Waals surface area contributed by atoms with Gasteiger partial charge in [0, 0.05) is 30.9 Å². The number of carboxylic acids is 1. The number of carboxylic acid groups (broad SMARTS) is 1. The van der Waals surface area contributed by atoms with Gasteiger partial charge in [-0.05, 0) is 38.0 Å². The van der Waals surface area contributed by atoms with Gasteiger partial charge in [0.15, 0.2) is 0 Å². The van der Waals surface area contributed by atoms with Gasteiger partial charge >= 0.3 is 5.97 Å². The standard InChI is InChI=1S/C14H18N2O3/c1-3-15-11-7-10(14(18)19)8-12(9(11)2)16-6-4-5-13(16)17/h7-8,15H,3-6H2,1-2H3,(H,18,19). The minimum atomic E-state index is -0.980. The van der Waals surface area contributed by atoms with Gasteiger partial charge in [-0.2, -0.15) is 0 Å². The van der Waals surface area contributed by atoms with Crippen LogP contribution < -0.4 is 10.2 Å². The first-order valence-electron chi connectivity index (χ1n) is 6.46. The summed E-state index contributed by atoms with van der Waals surface area (Å²) in [4.78, 5) is 24.7. The number of amides is 1. The molecule has 0 aliphatic carbocycles. The number of carbonyl (C=O) groups is 2. The maximum atomic E-state index is 11.8. The van der Waals surface area contributed by atoms with Crippen LogP contribution in [0.5, 0.6) is 0 Å². The molecule has 102 valence electrons. The van der Waals surface area contributed by atoms with E-state index >= 15 is 0 Å². The van der Waals surface area contributed by atoms with Crippen LogP contribution in [-0.4, -0.2) is 30.1 Å². The molecule has 0 atom stereocenters. The molecule has 1 aromatic rings. The van der Waals surface area contributed by atoms with E-state index in [1.54, 1.807) is 17.0 Å². The largest absolute Gasteiger partial charge is 0.478 e. The molecule has 1 saturated heterocycles. The Kier molecular flexibility index (Phi) is 3.74. The monoisotopic (exact) mass is 262 g/mol. The molecule has 1 aliphatic heterocycles. The molecule has 19 heavy (non-hydrogen) atoms. The molecule has 2 rings (SSSR count). The molecule has 0 aromatic heterocycles. The molecular weight excluding hydrogens is 244 g/mol. The van der Waals surface area contributed by atoms with Crippen LogP contribution in [0.2, 0.25) is 0 Å². The molecule has 0 radical (unpaired) electrons. The van der Waals surface area contributed by atoms with E-state index in [4.69, 9.17) is 0 Å². The number of carbonyl (C=O) groups excluding carboxylic acids is 1. The van der Waals surface area contributed by atoms with Gasteiger partial charge in [-0.1, -0.05) is 0 Å². The summed E-state index contributed by atoms with van der Waals surface area (Å²) in [7, 11) is 0. The molecule has 1 aromatic carbocycles. The molecule has 1 amide bonds. The molecular formula is C14H18N2O3. The van der Waals surface area contributed by atoms with Crippen LogP contribution in [0.25, 0.3) is 0 Å². The number of rotatable bonds is 4. The highest BCUT2D eigenvalue weighted by molar-refractivity contribution is 5.99. The number of aromatic carboxylic acids is 1. The molecule has 2 N–H and O–H groups in total. The quantitative estimate of drug-likeness (QED) is 0.873. The average molecular weight is 262 g/mol. The zero-order valence-electron chi connectivity index (χ0n) is 11.2. The van der Waals surface area contributed by atoms with Crippen LogP contribution in [0.4, 0.5) is 11.4 Å². The highest BCUT2D eigenvalue weighted by atomic mass is 16.4. The Labute approximate surface area is 112 Å². The summed E-state index contributed by atoms with van der Waals surface area (Å²) in [6.07, 6.45) is 1.36.